The van der Waals surface area contributed by atoms with E-state index in [0.29, 0.717) is 5.69 Å². The first-order chi connectivity index (χ1) is 11.8. The molecule has 0 radical (unpaired) electrons. The summed E-state index contributed by atoms with van der Waals surface area (Å²) in [6.45, 7) is 3.42. The van der Waals surface area contributed by atoms with Crippen LogP contribution >= 0.6 is 0 Å². The average molecular weight is 315 g/mol. The maximum absolute atomic E-state index is 5.63. The molecule has 4 rings (SSSR count). The zero-order valence-corrected chi connectivity index (χ0v) is 13.3. The third-order valence-electron chi connectivity index (χ3n) is 4.28. The molecular weight excluding hydrogens is 298 g/mol. The van der Waals surface area contributed by atoms with Gasteiger partial charge in [0, 0.05) is 35.9 Å². The molecule has 0 atom stereocenters. The predicted molar refractivity (Wildman–Crippen MR) is 95.9 cm³/mol. The quantitative estimate of drug-likeness (QED) is 0.681. The van der Waals surface area contributed by atoms with Gasteiger partial charge in [-0.05, 0) is 36.3 Å². The lowest BCUT2D eigenvalue weighted by atomic mass is 10.1. The second-order valence-electron chi connectivity index (χ2n) is 5.72. The highest BCUT2D eigenvalue weighted by Gasteiger charge is 2.12. The average Bonchev–Trinajstić information content (AvgIpc) is 2.68. The van der Waals surface area contributed by atoms with Crippen LogP contribution in [0, 0.1) is 12.3 Å². The van der Waals surface area contributed by atoms with Gasteiger partial charge in [0.15, 0.2) is 0 Å². The van der Waals surface area contributed by atoms with E-state index in [2.05, 4.69) is 45.1 Å². The molecule has 0 spiro atoms. The monoisotopic (exact) mass is 315 g/mol. The molecule has 4 nitrogen and oxygen atoms in total. The topological polar surface area (TPSA) is 38.2 Å². The highest BCUT2D eigenvalue weighted by atomic mass is 16.5. The zero-order valence-electron chi connectivity index (χ0n) is 13.3. The highest BCUT2D eigenvalue weighted by molar-refractivity contribution is 5.86. The number of nitrogens with zero attached hydrogens (tertiary/aromatic N) is 3. The molecule has 1 aliphatic rings. The maximum atomic E-state index is 5.63. The van der Waals surface area contributed by atoms with E-state index in [1.54, 1.807) is 6.20 Å². The number of ether oxygens (including phenoxy) is 1. The number of pyridine rings is 2. The lowest BCUT2D eigenvalue weighted by Gasteiger charge is -2.28. The van der Waals surface area contributed by atoms with E-state index in [4.69, 9.17) is 11.2 Å². The van der Waals surface area contributed by atoms with Gasteiger partial charge in [0.2, 0.25) is 0 Å². The maximum Gasteiger partial charge on any atom is 0.123 e. The van der Waals surface area contributed by atoms with Crippen LogP contribution in [0.5, 0.6) is 0 Å². The predicted octanol–water partition coefficient (Wildman–Crippen LogP) is 3.11. The van der Waals surface area contributed by atoms with Gasteiger partial charge in [-0.1, -0.05) is 12.1 Å². The summed E-state index contributed by atoms with van der Waals surface area (Å²) in [4.78, 5) is 11.4. The molecule has 1 saturated heterocycles. The van der Waals surface area contributed by atoms with Gasteiger partial charge in [-0.25, -0.2) is 4.98 Å². The fourth-order valence-corrected chi connectivity index (χ4v) is 3.00. The van der Waals surface area contributed by atoms with Gasteiger partial charge < -0.3 is 9.64 Å². The lowest BCUT2D eigenvalue weighted by molar-refractivity contribution is 0.122. The van der Waals surface area contributed by atoms with Crippen molar-refractivity contribution in [1.29, 1.82) is 0 Å². The van der Waals surface area contributed by atoms with Crippen LogP contribution in [0.4, 0.5) is 5.69 Å². The summed E-state index contributed by atoms with van der Waals surface area (Å²) in [5.41, 5.74) is 4.59. The van der Waals surface area contributed by atoms with Gasteiger partial charge in [-0.15, -0.1) is 6.42 Å². The standard InChI is InChI=1S/C20H17N3O/c1-2-18-17-4-3-9-21-20(17)14-19(22-18)15-5-7-16(8-6-15)23-10-12-24-13-11-23/h1,3-9,14H,10-13H2. The van der Waals surface area contributed by atoms with E-state index in [0.717, 1.165) is 48.5 Å². The van der Waals surface area contributed by atoms with Gasteiger partial charge in [-0.3, -0.25) is 4.98 Å². The molecule has 0 saturated carbocycles. The van der Waals surface area contributed by atoms with Crippen molar-refractivity contribution in [2.24, 2.45) is 0 Å². The van der Waals surface area contributed by atoms with Crippen LogP contribution in [0.1, 0.15) is 5.69 Å². The first-order valence-corrected chi connectivity index (χ1v) is 8.01. The fraction of sp³-hybridized carbons (Fsp3) is 0.200. The van der Waals surface area contributed by atoms with Gasteiger partial charge in [0.1, 0.15) is 5.69 Å². The summed E-state index contributed by atoms with van der Waals surface area (Å²) >= 11 is 0. The van der Waals surface area contributed by atoms with Crippen molar-refractivity contribution in [1.82, 2.24) is 9.97 Å². The molecular formula is C20H17N3O. The summed E-state index contributed by atoms with van der Waals surface area (Å²) in [6.07, 6.45) is 7.40. The Labute approximate surface area is 141 Å². The largest absolute Gasteiger partial charge is 0.378 e. The Bertz CT molecular complexity index is 906. The number of terminal acetylenes is 1. The number of fused-ring (bicyclic) bond motifs is 1. The minimum atomic E-state index is 0.632. The number of anilines is 1. The third kappa shape index (κ3) is 2.70. The minimum absolute atomic E-state index is 0.632. The summed E-state index contributed by atoms with van der Waals surface area (Å²) in [7, 11) is 0. The fourth-order valence-electron chi connectivity index (χ4n) is 3.00. The van der Waals surface area contributed by atoms with Crippen LogP contribution in [0.3, 0.4) is 0 Å². The number of hydrogen-bond donors (Lipinski definition) is 0. The molecule has 24 heavy (non-hydrogen) atoms. The SMILES string of the molecule is C#Cc1nc(-c2ccc(N3CCOCC3)cc2)cc2ncccc12. The Morgan fingerprint density at radius 3 is 2.62 bits per heavy atom. The van der Waals surface area contributed by atoms with Crippen LogP contribution in [-0.4, -0.2) is 36.3 Å². The van der Waals surface area contributed by atoms with Gasteiger partial charge in [-0.2, -0.15) is 0 Å². The Morgan fingerprint density at radius 2 is 1.88 bits per heavy atom. The van der Waals surface area contributed by atoms with Crippen molar-refractivity contribution in [3.63, 3.8) is 0 Å². The zero-order chi connectivity index (χ0) is 16.4. The molecule has 0 N–H and O–H groups in total. The molecule has 0 unspecified atom stereocenters. The summed E-state index contributed by atoms with van der Waals surface area (Å²) in [6, 6.07) is 14.2. The second-order valence-corrected chi connectivity index (χ2v) is 5.72. The number of benzene rings is 1. The van der Waals surface area contributed by atoms with Gasteiger partial charge >= 0.3 is 0 Å². The summed E-state index contributed by atoms with van der Waals surface area (Å²) in [5, 5.41) is 0.911. The molecule has 1 aromatic carbocycles. The molecule has 1 aliphatic heterocycles. The molecule has 3 aromatic rings. The van der Waals surface area contributed by atoms with E-state index in [-0.39, 0.29) is 0 Å². The van der Waals surface area contributed by atoms with Crippen LogP contribution in [-0.2, 0) is 4.74 Å². The number of aromatic nitrogens is 2. The number of hydrogen-bond acceptors (Lipinski definition) is 4. The van der Waals surface area contributed by atoms with E-state index in [1.165, 1.54) is 5.69 Å². The Hall–Kier alpha value is -2.90. The van der Waals surface area contributed by atoms with E-state index >= 15 is 0 Å². The molecule has 1 fully saturated rings. The molecule has 3 heterocycles. The smallest absolute Gasteiger partial charge is 0.123 e. The van der Waals surface area contributed by atoms with E-state index in [1.807, 2.05) is 18.2 Å². The third-order valence-corrected chi connectivity index (χ3v) is 4.28. The van der Waals surface area contributed by atoms with Crippen molar-refractivity contribution in [3.8, 4) is 23.6 Å². The molecule has 4 heteroatoms. The number of morpholine rings is 1. The van der Waals surface area contributed by atoms with Gasteiger partial charge in [0.05, 0.1) is 24.4 Å². The van der Waals surface area contributed by atoms with Crippen molar-refractivity contribution >= 4 is 16.6 Å². The summed E-state index contributed by atoms with van der Waals surface area (Å²) in [5.74, 6) is 2.67. The van der Waals surface area contributed by atoms with Crippen LogP contribution in [0.25, 0.3) is 22.2 Å². The molecule has 2 aromatic heterocycles. The van der Waals surface area contributed by atoms with Gasteiger partial charge in [0.25, 0.3) is 0 Å². The second kappa shape index (κ2) is 6.31. The van der Waals surface area contributed by atoms with Crippen molar-refractivity contribution < 1.29 is 4.74 Å². The van der Waals surface area contributed by atoms with Crippen molar-refractivity contribution in [3.05, 3.63) is 54.4 Å². The lowest BCUT2D eigenvalue weighted by Crippen LogP contribution is -2.36. The summed E-state index contributed by atoms with van der Waals surface area (Å²) < 4.78 is 5.40. The Morgan fingerprint density at radius 1 is 1.08 bits per heavy atom. The van der Waals surface area contributed by atoms with Crippen LogP contribution in [0.2, 0.25) is 0 Å². The van der Waals surface area contributed by atoms with E-state index in [9.17, 15) is 0 Å². The van der Waals surface area contributed by atoms with E-state index < -0.39 is 0 Å². The molecule has 0 amide bonds. The molecule has 0 aliphatic carbocycles. The van der Waals surface area contributed by atoms with Crippen LogP contribution in [0.15, 0.2) is 48.7 Å². The minimum Gasteiger partial charge on any atom is -0.378 e. The molecule has 0 bridgehead atoms. The number of rotatable bonds is 2. The normalized spacial score (nSPS) is 14.5. The van der Waals surface area contributed by atoms with Crippen molar-refractivity contribution in [2.45, 2.75) is 0 Å². The first kappa shape index (κ1) is 14.7. The van der Waals surface area contributed by atoms with Crippen molar-refractivity contribution in [2.75, 3.05) is 31.2 Å². The molecule has 118 valence electrons. The highest BCUT2D eigenvalue weighted by Crippen LogP contribution is 2.26. The Kier molecular flexibility index (Phi) is 3.86. The Balaban J connectivity index is 1.71. The first-order valence-electron chi connectivity index (χ1n) is 8.01. The van der Waals surface area contributed by atoms with Crippen LogP contribution < -0.4 is 4.90 Å².